The molecule has 0 saturated carbocycles. The summed E-state index contributed by atoms with van der Waals surface area (Å²) < 4.78 is 35.0. The summed E-state index contributed by atoms with van der Waals surface area (Å²) in [6.07, 6.45) is 0.222. The van der Waals surface area contributed by atoms with E-state index in [1.54, 1.807) is 54.6 Å². The number of rotatable bonds is 14. The van der Waals surface area contributed by atoms with Crippen molar-refractivity contribution in [2.75, 3.05) is 17.5 Å². The van der Waals surface area contributed by atoms with Gasteiger partial charge in [-0.15, -0.1) is 0 Å². The molecule has 46 heavy (non-hydrogen) atoms. The van der Waals surface area contributed by atoms with Crippen LogP contribution >= 0.6 is 11.6 Å². The number of sulfonamides is 1. The average molecular weight is 662 g/mol. The van der Waals surface area contributed by atoms with E-state index in [1.807, 2.05) is 64.1 Å². The van der Waals surface area contributed by atoms with Gasteiger partial charge in [-0.1, -0.05) is 71.8 Å². The van der Waals surface area contributed by atoms with Crippen molar-refractivity contribution in [3.8, 4) is 5.75 Å². The maximum atomic E-state index is 14.5. The second kappa shape index (κ2) is 15.8. The Morgan fingerprint density at radius 3 is 2.13 bits per heavy atom. The highest BCUT2D eigenvalue weighted by molar-refractivity contribution is 7.92. The molecule has 0 radical (unpaired) electrons. The van der Waals surface area contributed by atoms with Gasteiger partial charge in [0.15, 0.2) is 0 Å². The second-order valence-corrected chi connectivity index (χ2v) is 13.6. The largest absolute Gasteiger partial charge is 0.494 e. The molecule has 0 heterocycles. The molecular weight excluding hydrogens is 622 g/mol. The van der Waals surface area contributed by atoms with E-state index in [1.165, 1.54) is 17.0 Å². The molecule has 1 N–H and O–H groups in total. The van der Waals surface area contributed by atoms with E-state index in [4.69, 9.17) is 16.3 Å². The smallest absolute Gasteiger partial charge is 0.264 e. The van der Waals surface area contributed by atoms with Crippen molar-refractivity contribution in [1.82, 2.24) is 10.2 Å². The zero-order valence-corrected chi connectivity index (χ0v) is 28.1. The van der Waals surface area contributed by atoms with E-state index in [-0.39, 0.29) is 35.5 Å². The quantitative estimate of drug-likeness (QED) is 0.169. The molecule has 0 spiro atoms. The third kappa shape index (κ3) is 9.11. The lowest BCUT2D eigenvalue weighted by atomic mass is 10.0. The van der Waals surface area contributed by atoms with Crippen molar-refractivity contribution < 1.29 is 22.7 Å². The van der Waals surface area contributed by atoms with Gasteiger partial charge in [-0.25, -0.2) is 8.42 Å². The van der Waals surface area contributed by atoms with Gasteiger partial charge in [0.05, 0.1) is 17.2 Å². The Kier molecular flexibility index (Phi) is 11.8. The fourth-order valence-electron chi connectivity index (χ4n) is 5.01. The average Bonchev–Trinajstić information content (AvgIpc) is 3.02. The highest BCUT2D eigenvalue weighted by Crippen LogP contribution is 2.27. The summed E-state index contributed by atoms with van der Waals surface area (Å²) in [6.45, 7) is 7.35. The van der Waals surface area contributed by atoms with Crippen LogP contribution in [0.1, 0.15) is 37.5 Å². The van der Waals surface area contributed by atoms with Crippen LogP contribution < -0.4 is 14.4 Å². The monoisotopic (exact) mass is 661 g/mol. The molecule has 10 heteroatoms. The maximum absolute atomic E-state index is 14.5. The van der Waals surface area contributed by atoms with Crippen LogP contribution in [0.25, 0.3) is 0 Å². The number of carbonyl (C=O) groups is 2. The van der Waals surface area contributed by atoms with Crippen molar-refractivity contribution in [1.29, 1.82) is 0 Å². The first-order valence-corrected chi connectivity index (χ1v) is 17.0. The maximum Gasteiger partial charge on any atom is 0.264 e. The predicted octanol–water partition coefficient (Wildman–Crippen LogP) is 6.41. The Morgan fingerprint density at radius 1 is 0.870 bits per heavy atom. The summed E-state index contributed by atoms with van der Waals surface area (Å²) in [5.41, 5.74) is 2.73. The molecular formula is C36H40ClN3O5S. The zero-order chi connectivity index (χ0) is 33.3. The number of nitrogens with zero attached hydrogens (tertiary/aromatic N) is 2. The number of hydrogen-bond donors (Lipinski definition) is 1. The summed E-state index contributed by atoms with van der Waals surface area (Å²) in [7, 11) is -4.20. The highest BCUT2D eigenvalue weighted by Gasteiger charge is 2.35. The molecule has 0 saturated heterocycles. The molecule has 242 valence electrons. The van der Waals surface area contributed by atoms with Crippen LogP contribution in [0.2, 0.25) is 5.02 Å². The van der Waals surface area contributed by atoms with Crippen LogP contribution in [-0.2, 0) is 32.6 Å². The van der Waals surface area contributed by atoms with Gasteiger partial charge in [-0.2, -0.15) is 0 Å². The lowest BCUT2D eigenvalue weighted by molar-refractivity contribution is -0.140. The van der Waals surface area contributed by atoms with Crippen molar-refractivity contribution >= 4 is 39.1 Å². The first kappa shape index (κ1) is 34.5. The molecule has 0 unspecified atom stereocenters. The van der Waals surface area contributed by atoms with Crippen molar-refractivity contribution in [2.24, 2.45) is 0 Å². The van der Waals surface area contributed by atoms with Crippen LogP contribution in [0.3, 0.4) is 0 Å². The molecule has 4 rings (SSSR count). The van der Waals surface area contributed by atoms with E-state index < -0.39 is 28.5 Å². The van der Waals surface area contributed by atoms with Crippen molar-refractivity contribution in [3.63, 3.8) is 0 Å². The molecule has 0 aliphatic heterocycles. The lowest BCUT2D eigenvalue weighted by Gasteiger charge is -2.34. The van der Waals surface area contributed by atoms with E-state index in [0.717, 1.165) is 15.4 Å². The molecule has 0 fully saturated rings. The Labute approximate surface area is 277 Å². The van der Waals surface area contributed by atoms with Crippen LogP contribution in [0, 0.1) is 6.92 Å². The first-order valence-electron chi connectivity index (χ1n) is 15.2. The first-order chi connectivity index (χ1) is 22.0. The minimum absolute atomic E-state index is 0.0319. The molecule has 0 aliphatic rings. The van der Waals surface area contributed by atoms with E-state index in [9.17, 15) is 18.0 Å². The number of benzene rings is 4. The number of aryl methyl sites for hydroxylation is 1. The van der Waals surface area contributed by atoms with Gasteiger partial charge in [0.1, 0.15) is 18.3 Å². The minimum atomic E-state index is -4.20. The van der Waals surface area contributed by atoms with Crippen LogP contribution in [0.15, 0.2) is 108 Å². The fourth-order valence-corrected chi connectivity index (χ4v) is 6.64. The van der Waals surface area contributed by atoms with Crippen molar-refractivity contribution in [2.45, 2.75) is 57.6 Å². The van der Waals surface area contributed by atoms with E-state index in [0.29, 0.717) is 22.9 Å². The number of carbonyl (C=O) groups excluding carboxylic acids is 2. The SMILES string of the molecule is CCOc1ccc(N(CC(=O)N(Cc2cccc(Cl)c2)[C@@H](Cc2ccccc2)C(=O)NC(C)C)S(=O)(=O)c2ccc(C)cc2)cc1. The Morgan fingerprint density at radius 2 is 1.52 bits per heavy atom. The molecule has 0 bridgehead atoms. The van der Waals surface area contributed by atoms with Gasteiger partial charge in [-0.05, 0) is 87.4 Å². The normalized spacial score (nSPS) is 12.0. The molecule has 2 amide bonds. The summed E-state index contributed by atoms with van der Waals surface area (Å²) in [5, 5.41) is 3.44. The summed E-state index contributed by atoms with van der Waals surface area (Å²) in [6, 6.07) is 28.4. The summed E-state index contributed by atoms with van der Waals surface area (Å²) in [5.74, 6) is -0.325. The third-order valence-corrected chi connectivity index (χ3v) is 9.29. The van der Waals surface area contributed by atoms with E-state index >= 15 is 0 Å². The van der Waals surface area contributed by atoms with Crippen LogP contribution in [0.4, 0.5) is 5.69 Å². The number of anilines is 1. The number of amides is 2. The number of hydrogen-bond acceptors (Lipinski definition) is 5. The summed E-state index contributed by atoms with van der Waals surface area (Å²) in [4.78, 5) is 29.8. The van der Waals surface area contributed by atoms with Gasteiger partial charge in [0, 0.05) is 24.0 Å². The number of ether oxygens (including phenoxy) is 1. The van der Waals surface area contributed by atoms with Crippen LogP contribution in [-0.4, -0.2) is 50.4 Å². The Bertz CT molecular complexity index is 1710. The number of halogens is 1. The molecule has 0 aliphatic carbocycles. The molecule has 0 aromatic heterocycles. The Balaban J connectivity index is 1.80. The number of nitrogens with one attached hydrogen (secondary N) is 1. The van der Waals surface area contributed by atoms with Gasteiger partial charge < -0.3 is 15.0 Å². The van der Waals surface area contributed by atoms with E-state index in [2.05, 4.69) is 5.32 Å². The van der Waals surface area contributed by atoms with Crippen molar-refractivity contribution in [3.05, 3.63) is 125 Å². The second-order valence-electron chi connectivity index (χ2n) is 11.3. The lowest BCUT2D eigenvalue weighted by Crippen LogP contribution is -2.54. The predicted molar refractivity (Wildman–Crippen MR) is 183 cm³/mol. The molecule has 4 aromatic carbocycles. The van der Waals surface area contributed by atoms with Gasteiger partial charge in [-0.3, -0.25) is 13.9 Å². The fraction of sp³-hybridized carbons (Fsp3) is 0.278. The standard InChI is InChI=1S/C36H40ClN3O5S/c1-5-45-32-18-16-31(17-19-32)40(46(43,44)33-20-14-27(4)15-21-33)25-35(41)39(24-29-12-9-13-30(37)22-29)34(36(42)38-26(2)3)23-28-10-7-6-8-11-28/h6-22,26,34H,5,23-25H2,1-4H3,(H,38,42)/t34-/m0/s1. The van der Waals surface area contributed by atoms with Gasteiger partial charge >= 0.3 is 0 Å². The van der Waals surface area contributed by atoms with Gasteiger partial charge in [0.25, 0.3) is 10.0 Å². The Hall–Kier alpha value is -4.34. The minimum Gasteiger partial charge on any atom is -0.494 e. The molecule has 1 atom stereocenters. The third-order valence-electron chi connectivity index (χ3n) is 7.27. The topological polar surface area (TPSA) is 96.0 Å². The van der Waals surface area contributed by atoms with Crippen LogP contribution in [0.5, 0.6) is 5.75 Å². The molecule has 8 nitrogen and oxygen atoms in total. The highest BCUT2D eigenvalue weighted by atomic mass is 35.5. The van der Waals surface area contributed by atoms with Gasteiger partial charge in [0.2, 0.25) is 11.8 Å². The zero-order valence-electron chi connectivity index (χ0n) is 26.5. The summed E-state index contributed by atoms with van der Waals surface area (Å²) >= 11 is 6.31. The molecule has 4 aromatic rings.